The van der Waals surface area contributed by atoms with Gasteiger partial charge < -0.3 is 50.0 Å². The van der Waals surface area contributed by atoms with Crippen molar-refractivity contribution in [3.63, 3.8) is 0 Å². The van der Waals surface area contributed by atoms with E-state index >= 15 is 0 Å². The molecule has 5 atom stereocenters. The third kappa shape index (κ3) is 6.33. The summed E-state index contributed by atoms with van der Waals surface area (Å²) < 4.78 is 16.0. The number of ketones is 1. The van der Waals surface area contributed by atoms with Gasteiger partial charge in [-0.3, -0.25) is 4.79 Å². The smallest absolute Gasteiger partial charge is 0.338 e. The van der Waals surface area contributed by atoms with Gasteiger partial charge in [-0.05, 0) is 35.9 Å². The number of allylic oxidation sites excluding steroid dienone is 1. The van der Waals surface area contributed by atoms with E-state index in [-0.39, 0.29) is 16.9 Å². The highest BCUT2D eigenvalue weighted by Crippen LogP contribution is 2.35. The van der Waals surface area contributed by atoms with Gasteiger partial charge in [0.2, 0.25) is 6.29 Å². The van der Waals surface area contributed by atoms with E-state index in [0.29, 0.717) is 0 Å². The predicted molar refractivity (Wildman–Crippen MR) is 137 cm³/mol. The molecule has 5 unspecified atom stereocenters. The largest absolute Gasteiger partial charge is 0.507 e. The average Bonchev–Trinajstić information content (AvgIpc) is 2.94. The first kappa shape index (κ1) is 28.4. The molecule has 12 heteroatoms. The number of carbonyl (C=O) groups is 2. The Morgan fingerprint density at radius 1 is 0.825 bits per heavy atom. The Hall–Kier alpha value is -4.62. The van der Waals surface area contributed by atoms with Crippen LogP contribution in [0.25, 0.3) is 6.08 Å². The molecule has 0 bridgehead atoms. The average molecular weight is 555 g/mol. The van der Waals surface area contributed by atoms with Gasteiger partial charge in [0.15, 0.2) is 23.0 Å². The Morgan fingerprint density at radius 3 is 2.15 bits per heavy atom. The third-order valence-electron chi connectivity index (χ3n) is 6.07. The zero-order valence-corrected chi connectivity index (χ0v) is 20.7. The summed E-state index contributed by atoms with van der Waals surface area (Å²) in [5.41, 5.74) is 0.450. The van der Waals surface area contributed by atoms with Gasteiger partial charge in [0.1, 0.15) is 42.5 Å². The predicted octanol–water partition coefficient (Wildman–Crippen LogP) is 1.45. The van der Waals surface area contributed by atoms with E-state index in [1.807, 2.05) is 18.2 Å². The van der Waals surface area contributed by atoms with Crippen LogP contribution in [0.5, 0.6) is 28.7 Å². The van der Waals surface area contributed by atoms with E-state index < -0.39 is 72.1 Å². The molecule has 7 N–H and O–H groups in total. The minimum Gasteiger partial charge on any atom is -0.507 e. The summed E-state index contributed by atoms with van der Waals surface area (Å²) in [4.78, 5) is 24.8. The Balaban J connectivity index is 1.41. The number of esters is 1. The van der Waals surface area contributed by atoms with Crippen molar-refractivity contribution in [2.24, 2.45) is 0 Å². The number of phenols is 4. The highest BCUT2D eigenvalue weighted by Gasteiger charge is 2.45. The summed E-state index contributed by atoms with van der Waals surface area (Å²) >= 11 is 0. The van der Waals surface area contributed by atoms with E-state index in [1.54, 1.807) is 18.2 Å². The molecule has 3 aromatic carbocycles. The normalized spacial score (nSPS) is 22.6. The SMILES string of the molecule is O=C(OCC1OC(Oc2ccc(C(=O)/C=C/c3ccccc3)c(O)c2)C(O)C(O)C1O)c1cc(O)c(O)c(O)c1. The van der Waals surface area contributed by atoms with Crippen molar-refractivity contribution in [1.82, 2.24) is 0 Å². The van der Waals surface area contributed by atoms with Gasteiger partial charge in [-0.15, -0.1) is 0 Å². The second kappa shape index (κ2) is 12.1. The van der Waals surface area contributed by atoms with Crippen LogP contribution < -0.4 is 4.74 Å². The molecule has 1 aliphatic rings. The monoisotopic (exact) mass is 554 g/mol. The Labute approximate surface area is 227 Å². The lowest BCUT2D eigenvalue weighted by atomic mass is 9.99. The molecule has 40 heavy (non-hydrogen) atoms. The minimum atomic E-state index is -1.78. The first-order valence-electron chi connectivity index (χ1n) is 11.9. The van der Waals surface area contributed by atoms with E-state index in [4.69, 9.17) is 14.2 Å². The van der Waals surface area contributed by atoms with Gasteiger partial charge in [-0.1, -0.05) is 36.4 Å². The summed E-state index contributed by atoms with van der Waals surface area (Å²) in [6.45, 7) is -0.640. The molecule has 0 saturated carbocycles. The van der Waals surface area contributed by atoms with Crippen LogP contribution >= 0.6 is 0 Å². The van der Waals surface area contributed by atoms with Crippen LogP contribution in [0.2, 0.25) is 0 Å². The second-order valence-corrected chi connectivity index (χ2v) is 8.88. The molecule has 3 aromatic rings. The number of aliphatic hydroxyl groups excluding tert-OH is 3. The standard InChI is InChI=1S/C28H26O12/c29-18(9-6-14-4-2-1-3-5-14)17-8-7-16(12-19(17)30)39-28-26(36)25(35)24(34)22(40-28)13-38-27(37)15-10-20(31)23(33)21(32)11-15/h1-12,22,24-26,28,30-36H,13H2/b9-6+. The zero-order valence-electron chi connectivity index (χ0n) is 20.7. The molecule has 0 aromatic heterocycles. The fourth-order valence-electron chi connectivity index (χ4n) is 3.87. The molecule has 12 nitrogen and oxygen atoms in total. The third-order valence-corrected chi connectivity index (χ3v) is 6.07. The van der Waals surface area contributed by atoms with Crippen molar-refractivity contribution in [3.05, 3.63) is 83.4 Å². The van der Waals surface area contributed by atoms with E-state index in [0.717, 1.165) is 23.8 Å². The Morgan fingerprint density at radius 2 is 1.50 bits per heavy atom. The number of aromatic hydroxyl groups is 4. The lowest BCUT2D eigenvalue weighted by Crippen LogP contribution is -2.60. The number of carbonyl (C=O) groups excluding carboxylic acids is 2. The highest BCUT2D eigenvalue weighted by molar-refractivity contribution is 6.08. The number of hydrogen-bond donors (Lipinski definition) is 7. The molecule has 1 saturated heterocycles. The molecule has 0 radical (unpaired) electrons. The molecule has 0 spiro atoms. The van der Waals surface area contributed by atoms with Gasteiger partial charge in [0, 0.05) is 6.07 Å². The van der Waals surface area contributed by atoms with Crippen molar-refractivity contribution in [1.29, 1.82) is 0 Å². The van der Waals surface area contributed by atoms with E-state index in [2.05, 4.69) is 0 Å². The number of aliphatic hydroxyl groups is 3. The second-order valence-electron chi connectivity index (χ2n) is 8.88. The van der Waals surface area contributed by atoms with Crippen LogP contribution in [0.15, 0.2) is 66.7 Å². The molecule has 4 rings (SSSR count). The molecule has 1 fully saturated rings. The lowest BCUT2D eigenvalue weighted by molar-refractivity contribution is -0.277. The minimum absolute atomic E-state index is 0.0174. The van der Waals surface area contributed by atoms with Gasteiger partial charge >= 0.3 is 5.97 Å². The Kier molecular flexibility index (Phi) is 8.55. The molecule has 0 amide bonds. The first-order valence-corrected chi connectivity index (χ1v) is 11.9. The maximum absolute atomic E-state index is 12.5. The fraction of sp³-hybridized carbons (Fsp3) is 0.214. The summed E-state index contributed by atoms with van der Waals surface area (Å²) in [6, 6.07) is 14.5. The van der Waals surface area contributed by atoms with Crippen LogP contribution in [-0.2, 0) is 9.47 Å². The van der Waals surface area contributed by atoms with Crippen molar-refractivity contribution >= 4 is 17.8 Å². The first-order chi connectivity index (χ1) is 19.0. The number of ether oxygens (including phenoxy) is 3. The van der Waals surface area contributed by atoms with Crippen molar-refractivity contribution < 1.29 is 59.5 Å². The summed E-state index contributed by atoms with van der Waals surface area (Å²) in [7, 11) is 0. The summed E-state index contributed by atoms with van der Waals surface area (Å²) in [5.74, 6) is -4.36. The maximum atomic E-state index is 12.5. The Bertz CT molecular complexity index is 1380. The number of rotatable bonds is 8. The highest BCUT2D eigenvalue weighted by atomic mass is 16.7. The summed E-state index contributed by atoms with van der Waals surface area (Å²) in [6.07, 6.45) is -5.30. The molecule has 1 aliphatic heterocycles. The van der Waals surface area contributed by atoms with E-state index in [9.17, 15) is 45.3 Å². The van der Waals surface area contributed by atoms with Crippen molar-refractivity contribution in [2.75, 3.05) is 6.61 Å². The van der Waals surface area contributed by atoms with Crippen LogP contribution in [0.1, 0.15) is 26.3 Å². The van der Waals surface area contributed by atoms with E-state index in [1.165, 1.54) is 18.2 Å². The van der Waals surface area contributed by atoms with Crippen LogP contribution in [0.4, 0.5) is 0 Å². The summed E-state index contributed by atoms with van der Waals surface area (Å²) in [5, 5.41) is 69.8. The molecule has 210 valence electrons. The molecular formula is C28H26O12. The van der Waals surface area contributed by atoms with Gasteiger partial charge in [-0.25, -0.2) is 4.79 Å². The maximum Gasteiger partial charge on any atom is 0.338 e. The number of benzene rings is 3. The quantitative estimate of drug-likeness (QED) is 0.0915. The lowest BCUT2D eigenvalue weighted by Gasteiger charge is -2.39. The van der Waals surface area contributed by atoms with Gasteiger partial charge in [0.25, 0.3) is 0 Å². The topological polar surface area (TPSA) is 203 Å². The fourth-order valence-corrected chi connectivity index (χ4v) is 3.87. The van der Waals surface area contributed by atoms with Gasteiger partial charge in [0.05, 0.1) is 11.1 Å². The van der Waals surface area contributed by atoms with Crippen molar-refractivity contribution in [3.8, 4) is 28.7 Å². The van der Waals surface area contributed by atoms with Crippen LogP contribution in [0, 0.1) is 0 Å². The zero-order chi connectivity index (χ0) is 29.0. The molecule has 0 aliphatic carbocycles. The van der Waals surface area contributed by atoms with Crippen LogP contribution in [-0.4, -0.2) is 84.8 Å². The molecular weight excluding hydrogens is 528 g/mol. The van der Waals surface area contributed by atoms with Crippen LogP contribution in [0.3, 0.4) is 0 Å². The number of phenolic OH excluding ortho intramolecular Hbond substituents is 4. The van der Waals surface area contributed by atoms with Crippen molar-refractivity contribution in [2.45, 2.75) is 30.7 Å². The van der Waals surface area contributed by atoms with Gasteiger partial charge in [-0.2, -0.15) is 0 Å². The molecule has 1 heterocycles. The number of hydrogen-bond acceptors (Lipinski definition) is 12.